The van der Waals surface area contributed by atoms with Crippen molar-refractivity contribution in [1.82, 2.24) is 19.4 Å². The molecule has 1 aliphatic carbocycles. The number of nitrogens with zero attached hydrogens (tertiary/aromatic N) is 4. The maximum absolute atomic E-state index is 4.42. The average molecular weight is 274 g/mol. The summed E-state index contributed by atoms with van der Waals surface area (Å²) >= 11 is 0. The standard InChI is InChI=1S/C16H26N4/c1-18-8-7-17-16(18)14-20-11-9-19(10-12-20)13-15-5-3-2-4-6-15/h2-3,7-8,15H,4-6,9-14H2,1H3/t15-/m0/s1. The first-order valence-electron chi connectivity index (χ1n) is 7.87. The smallest absolute Gasteiger partial charge is 0.122 e. The highest BCUT2D eigenvalue weighted by atomic mass is 15.3. The van der Waals surface area contributed by atoms with Crippen LogP contribution in [0.2, 0.25) is 0 Å². The van der Waals surface area contributed by atoms with E-state index in [2.05, 4.69) is 38.6 Å². The van der Waals surface area contributed by atoms with Gasteiger partial charge in [-0.05, 0) is 25.2 Å². The number of allylic oxidation sites excluding steroid dienone is 2. The fourth-order valence-electron chi connectivity index (χ4n) is 3.27. The van der Waals surface area contributed by atoms with Gasteiger partial charge in [0.25, 0.3) is 0 Å². The van der Waals surface area contributed by atoms with E-state index in [9.17, 15) is 0 Å². The van der Waals surface area contributed by atoms with E-state index in [1.165, 1.54) is 57.8 Å². The quantitative estimate of drug-likeness (QED) is 0.784. The number of rotatable bonds is 4. The van der Waals surface area contributed by atoms with E-state index in [-0.39, 0.29) is 0 Å². The molecule has 1 atom stereocenters. The number of aryl methyl sites for hydroxylation is 1. The van der Waals surface area contributed by atoms with Gasteiger partial charge in [0.2, 0.25) is 0 Å². The molecule has 0 N–H and O–H groups in total. The van der Waals surface area contributed by atoms with Crippen molar-refractivity contribution < 1.29 is 0 Å². The molecule has 0 radical (unpaired) electrons. The molecule has 3 rings (SSSR count). The van der Waals surface area contributed by atoms with Gasteiger partial charge >= 0.3 is 0 Å². The van der Waals surface area contributed by atoms with Crippen LogP contribution in [-0.2, 0) is 13.6 Å². The first-order valence-corrected chi connectivity index (χ1v) is 7.87. The molecule has 110 valence electrons. The minimum atomic E-state index is 0.890. The lowest BCUT2D eigenvalue weighted by molar-refractivity contribution is 0.109. The number of aromatic nitrogens is 2. The molecule has 1 aromatic rings. The number of hydrogen-bond acceptors (Lipinski definition) is 3. The van der Waals surface area contributed by atoms with E-state index in [0.29, 0.717) is 0 Å². The predicted octanol–water partition coefficient (Wildman–Crippen LogP) is 1.89. The summed E-state index contributed by atoms with van der Waals surface area (Å²) in [5, 5.41) is 0. The maximum atomic E-state index is 4.42. The van der Waals surface area contributed by atoms with Gasteiger partial charge in [-0.3, -0.25) is 4.90 Å². The number of imidazole rings is 1. The molecule has 1 fully saturated rings. The van der Waals surface area contributed by atoms with Gasteiger partial charge in [-0.2, -0.15) is 0 Å². The molecule has 2 heterocycles. The van der Waals surface area contributed by atoms with Crippen LogP contribution in [0.5, 0.6) is 0 Å². The summed E-state index contributed by atoms with van der Waals surface area (Å²) in [4.78, 5) is 9.60. The molecule has 1 aromatic heterocycles. The fraction of sp³-hybridized carbons (Fsp3) is 0.688. The third-order valence-corrected chi connectivity index (χ3v) is 4.64. The van der Waals surface area contributed by atoms with Crippen LogP contribution < -0.4 is 0 Å². The minimum Gasteiger partial charge on any atom is -0.337 e. The van der Waals surface area contributed by atoms with Crippen molar-refractivity contribution in [3.05, 3.63) is 30.4 Å². The summed E-state index contributed by atoms with van der Waals surface area (Å²) < 4.78 is 2.13. The average Bonchev–Trinajstić information content (AvgIpc) is 2.88. The zero-order chi connectivity index (χ0) is 13.8. The summed E-state index contributed by atoms with van der Waals surface area (Å²) in [5.74, 6) is 2.07. The van der Waals surface area contributed by atoms with E-state index < -0.39 is 0 Å². The topological polar surface area (TPSA) is 24.3 Å². The first kappa shape index (κ1) is 13.8. The third-order valence-electron chi connectivity index (χ3n) is 4.64. The van der Waals surface area contributed by atoms with Crippen molar-refractivity contribution in [3.63, 3.8) is 0 Å². The van der Waals surface area contributed by atoms with Crippen LogP contribution in [-0.4, -0.2) is 52.1 Å². The van der Waals surface area contributed by atoms with Gasteiger partial charge in [0.05, 0.1) is 6.54 Å². The lowest BCUT2D eigenvalue weighted by atomic mass is 9.94. The van der Waals surface area contributed by atoms with E-state index in [1.807, 2.05) is 12.4 Å². The molecular formula is C16H26N4. The second-order valence-electron chi connectivity index (χ2n) is 6.18. The van der Waals surface area contributed by atoms with Gasteiger partial charge in [0.1, 0.15) is 5.82 Å². The molecule has 0 aromatic carbocycles. The van der Waals surface area contributed by atoms with E-state index >= 15 is 0 Å². The number of hydrogen-bond donors (Lipinski definition) is 0. The Hall–Kier alpha value is -1.13. The van der Waals surface area contributed by atoms with Crippen LogP contribution in [0.15, 0.2) is 24.5 Å². The Balaban J connectivity index is 1.42. The molecule has 0 saturated carbocycles. The molecule has 0 unspecified atom stereocenters. The number of piperazine rings is 1. The maximum Gasteiger partial charge on any atom is 0.122 e. The monoisotopic (exact) mass is 274 g/mol. The predicted molar refractivity (Wildman–Crippen MR) is 81.4 cm³/mol. The Kier molecular flexibility index (Phi) is 4.53. The summed E-state index contributed by atoms with van der Waals surface area (Å²) in [5.41, 5.74) is 0. The van der Waals surface area contributed by atoms with E-state index in [4.69, 9.17) is 0 Å². The van der Waals surface area contributed by atoms with Crippen molar-refractivity contribution in [2.24, 2.45) is 13.0 Å². The van der Waals surface area contributed by atoms with Gasteiger partial charge in [0.15, 0.2) is 0 Å². The summed E-state index contributed by atoms with van der Waals surface area (Å²) in [6.07, 6.45) is 12.6. The van der Waals surface area contributed by atoms with Crippen molar-refractivity contribution in [3.8, 4) is 0 Å². The molecule has 0 amide bonds. The van der Waals surface area contributed by atoms with Crippen molar-refractivity contribution in [2.75, 3.05) is 32.7 Å². The lowest BCUT2D eigenvalue weighted by Gasteiger charge is -2.36. The molecule has 1 aliphatic heterocycles. The Morgan fingerprint density at radius 1 is 1.15 bits per heavy atom. The lowest BCUT2D eigenvalue weighted by Crippen LogP contribution is -2.47. The Labute approximate surface area is 122 Å². The summed E-state index contributed by atoms with van der Waals surface area (Å²) in [6, 6.07) is 0. The van der Waals surface area contributed by atoms with Crippen molar-refractivity contribution in [1.29, 1.82) is 0 Å². The zero-order valence-corrected chi connectivity index (χ0v) is 12.5. The molecule has 2 aliphatic rings. The zero-order valence-electron chi connectivity index (χ0n) is 12.5. The highest BCUT2D eigenvalue weighted by molar-refractivity contribution is 4.93. The van der Waals surface area contributed by atoms with Crippen LogP contribution in [0, 0.1) is 5.92 Å². The van der Waals surface area contributed by atoms with Gasteiger partial charge in [-0.15, -0.1) is 0 Å². The second kappa shape index (κ2) is 6.55. The molecule has 0 spiro atoms. The molecule has 4 heteroatoms. The van der Waals surface area contributed by atoms with Crippen LogP contribution in [0.4, 0.5) is 0 Å². The van der Waals surface area contributed by atoms with E-state index in [0.717, 1.165) is 12.5 Å². The molecule has 0 bridgehead atoms. The summed E-state index contributed by atoms with van der Waals surface area (Å²) in [7, 11) is 2.08. The highest BCUT2D eigenvalue weighted by Crippen LogP contribution is 2.20. The van der Waals surface area contributed by atoms with Crippen molar-refractivity contribution in [2.45, 2.75) is 25.8 Å². The Morgan fingerprint density at radius 3 is 2.60 bits per heavy atom. The fourth-order valence-corrected chi connectivity index (χ4v) is 3.27. The Morgan fingerprint density at radius 2 is 1.95 bits per heavy atom. The van der Waals surface area contributed by atoms with E-state index in [1.54, 1.807) is 0 Å². The van der Waals surface area contributed by atoms with Gasteiger partial charge in [0, 0.05) is 52.2 Å². The third kappa shape index (κ3) is 3.49. The van der Waals surface area contributed by atoms with Gasteiger partial charge in [-0.1, -0.05) is 12.2 Å². The minimum absolute atomic E-state index is 0.890. The molecule has 1 saturated heterocycles. The van der Waals surface area contributed by atoms with Crippen molar-refractivity contribution >= 4 is 0 Å². The molecular weight excluding hydrogens is 248 g/mol. The van der Waals surface area contributed by atoms with Gasteiger partial charge < -0.3 is 9.47 Å². The van der Waals surface area contributed by atoms with Gasteiger partial charge in [-0.25, -0.2) is 4.98 Å². The normalized spacial score (nSPS) is 25.1. The highest BCUT2D eigenvalue weighted by Gasteiger charge is 2.21. The molecule has 4 nitrogen and oxygen atoms in total. The van der Waals surface area contributed by atoms with Crippen LogP contribution >= 0.6 is 0 Å². The van der Waals surface area contributed by atoms with Crippen LogP contribution in [0.1, 0.15) is 25.1 Å². The van der Waals surface area contributed by atoms with Crippen LogP contribution in [0.3, 0.4) is 0 Å². The largest absolute Gasteiger partial charge is 0.337 e. The SMILES string of the molecule is Cn1ccnc1CN1CCN(C[C@H]2CC=CCC2)CC1. The Bertz CT molecular complexity index is 443. The van der Waals surface area contributed by atoms with Crippen LogP contribution in [0.25, 0.3) is 0 Å². The first-order chi connectivity index (χ1) is 9.81. The summed E-state index contributed by atoms with van der Waals surface area (Å²) in [6.45, 7) is 7.06. The second-order valence-corrected chi connectivity index (χ2v) is 6.18. The molecule has 20 heavy (non-hydrogen) atoms.